The average molecular weight is 451 g/mol. The van der Waals surface area contributed by atoms with Gasteiger partial charge in [0.25, 0.3) is 5.91 Å². The third-order valence-electron chi connectivity index (χ3n) is 5.58. The lowest BCUT2D eigenvalue weighted by Crippen LogP contribution is -2.30. The van der Waals surface area contributed by atoms with Gasteiger partial charge in [0.05, 0.1) is 0 Å². The van der Waals surface area contributed by atoms with Crippen molar-refractivity contribution >= 4 is 29.3 Å². The molecule has 0 spiro atoms. The number of benzene rings is 3. The van der Waals surface area contributed by atoms with E-state index in [0.29, 0.717) is 12.1 Å². The van der Waals surface area contributed by atoms with Crippen molar-refractivity contribution in [2.24, 2.45) is 0 Å². The van der Waals surface area contributed by atoms with Crippen LogP contribution < -0.4 is 5.32 Å². The summed E-state index contributed by atoms with van der Waals surface area (Å²) in [7, 11) is 0. The summed E-state index contributed by atoms with van der Waals surface area (Å²) in [6.45, 7) is 3.62. The Morgan fingerprint density at radius 2 is 1.71 bits per heavy atom. The summed E-state index contributed by atoms with van der Waals surface area (Å²) in [6, 6.07) is 24.6. The highest BCUT2D eigenvalue weighted by Gasteiger charge is 2.16. The van der Waals surface area contributed by atoms with E-state index < -0.39 is 0 Å². The van der Waals surface area contributed by atoms with Crippen LogP contribution in [0.4, 0.5) is 0 Å². The van der Waals surface area contributed by atoms with Crippen LogP contribution in [0.3, 0.4) is 0 Å². The van der Waals surface area contributed by atoms with Crippen LogP contribution in [0, 0.1) is 0 Å². The van der Waals surface area contributed by atoms with Gasteiger partial charge < -0.3 is 5.32 Å². The van der Waals surface area contributed by atoms with Gasteiger partial charge in [0, 0.05) is 48.3 Å². The number of thioether (sulfide) groups is 1. The molecule has 0 saturated heterocycles. The Morgan fingerprint density at radius 1 is 0.968 bits per heavy atom. The first kappa shape index (κ1) is 21.9. The first-order valence-electron chi connectivity index (χ1n) is 10.7. The zero-order valence-electron chi connectivity index (χ0n) is 17.5. The van der Waals surface area contributed by atoms with Crippen LogP contribution in [0.25, 0.3) is 0 Å². The van der Waals surface area contributed by atoms with Gasteiger partial charge in [-0.3, -0.25) is 9.69 Å². The maximum Gasteiger partial charge on any atom is 0.251 e. The molecular weight excluding hydrogens is 424 g/mol. The van der Waals surface area contributed by atoms with Gasteiger partial charge in [-0.15, -0.1) is 0 Å². The normalized spacial score (nSPS) is 13.6. The van der Waals surface area contributed by atoms with E-state index in [1.807, 2.05) is 36.4 Å². The van der Waals surface area contributed by atoms with Crippen LogP contribution in [0.5, 0.6) is 0 Å². The second-order valence-corrected chi connectivity index (χ2v) is 9.34. The van der Waals surface area contributed by atoms with Gasteiger partial charge in [-0.25, -0.2) is 0 Å². The highest BCUT2D eigenvalue weighted by molar-refractivity contribution is 7.98. The summed E-state index contributed by atoms with van der Waals surface area (Å²) in [6.07, 6.45) is 1.10. The summed E-state index contributed by atoms with van der Waals surface area (Å²) in [5.41, 5.74) is 5.98. The van der Waals surface area contributed by atoms with Gasteiger partial charge in [-0.1, -0.05) is 66.2 Å². The molecule has 1 aliphatic heterocycles. The molecule has 5 heteroatoms. The topological polar surface area (TPSA) is 32.3 Å². The third-order valence-corrected chi connectivity index (χ3v) is 6.96. The van der Waals surface area contributed by atoms with Gasteiger partial charge in [-0.2, -0.15) is 11.8 Å². The van der Waals surface area contributed by atoms with Crippen molar-refractivity contribution < 1.29 is 4.79 Å². The molecule has 0 aromatic heterocycles. The zero-order chi connectivity index (χ0) is 21.5. The number of rotatable bonds is 8. The molecule has 0 saturated carbocycles. The summed E-state index contributed by atoms with van der Waals surface area (Å²) in [5.74, 6) is 1.69. The average Bonchev–Trinajstić information content (AvgIpc) is 2.80. The first-order valence-corrected chi connectivity index (χ1v) is 12.2. The quantitative estimate of drug-likeness (QED) is 0.456. The van der Waals surface area contributed by atoms with Crippen LogP contribution in [0.2, 0.25) is 5.02 Å². The zero-order valence-corrected chi connectivity index (χ0v) is 19.1. The minimum atomic E-state index is -0.0169. The van der Waals surface area contributed by atoms with Crippen LogP contribution >= 0.6 is 23.4 Å². The predicted molar refractivity (Wildman–Crippen MR) is 131 cm³/mol. The Morgan fingerprint density at radius 3 is 2.52 bits per heavy atom. The Kier molecular flexibility index (Phi) is 7.68. The minimum absolute atomic E-state index is 0.0169. The molecule has 1 aliphatic rings. The third kappa shape index (κ3) is 6.13. The molecular formula is C26H27ClN2OS. The summed E-state index contributed by atoms with van der Waals surface area (Å²) < 4.78 is 0. The molecule has 0 unspecified atom stereocenters. The Hall–Kier alpha value is -2.27. The van der Waals surface area contributed by atoms with Gasteiger partial charge in [0.1, 0.15) is 0 Å². The molecule has 0 aliphatic carbocycles. The van der Waals surface area contributed by atoms with E-state index in [2.05, 4.69) is 46.6 Å². The van der Waals surface area contributed by atoms with Crippen molar-refractivity contribution in [2.45, 2.75) is 25.3 Å². The molecule has 0 fully saturated rings. The fourth-order valence-corrected chi connectivity index (χ4v) is 4.99. The minimum Gasteiger partial charge on any atom is -0.351 e. The molecule has 31 heavy (non-hydrogen) atoms. The Balaban J connectivity index is 1.20. The van der Waals surface area contributed by atoms with Crippen molar-refractivity contribution in [2.75, 3.05) is 18.8 Å². The van der Waals surface area contributed by atoms with Crippen LogP contribution in [0.15, 0.2) is 72.8 Å². The molecule has 1 heterocycles. The molecule has 1 amide bonds. The monoisotopic (exact) mass is 450 g/mol. The Labute approximate surface area is 193 Å². The van der Waals surface area contributed by atoms with Crippen LogP contribution in [0.1, 0.15) is 32.6 Å². The Bertz CT molecular complexity index is 1020. The van der Waals surface area contributed by atoms with Crippen molar-refractivity contribution in [1.29, 1.82) is 0 Å². The van der Waals surface area contributed by atoms with Gasteiger partial charge >= 0.3 is 0 Å². The first-order chi connectivity index (χ1) is 15.2. The van der Waals surface area contributed by atoms with E-state index in [0.717, 1.165) is 48.1 Å². The van der Waals surface area contributed by atoms with Crippen molar-refractivity contribution in [3.63, 3.8) is 0 Å². The number of amides is 1. The lowest BCUT2D eigenvalue weighted by molar-refractivity contribution is 0.0956. The predicted octanol–water partition coefficient (Wildman–Crippen LogP) is 5.56. The summed E-state index contributed by atoms with van der Waals surface area (Å²) in [5, 5.41) is 3.81. The largest absolute Gasteiger partial charge is 0.351 e. The number of fused-ring (bicyclic) bond motifs is 1. The van der Waals surface area contributed by atoms with Gasteiger partial charge in [-0.05, 0) is 46.9 Å². The lowest BCUT2D eigenvalue weighted by Gasteiger charge is -2.28. The molecule has 3 aromatic rings. The summed E-state index contributed by atoms with van der Waals surface area (Å²) >= 11 is 7.95. The molecule has 0 atom stereocenters. The second kappa shape index (κ2) is 10.9. The molecule has 3 nitrogen and oxygen atoms in total. The number of carbonyl (C=O) groups excluding carboxylic acids is 1. The van der Waals surface area contributed by atoms with Crippen molar-refractivity contribution in [3.8, 4) is 0 Å². The number of carbonyl (C=O) groups is 1. The molecule has 0 bridgehead atoms. The number of nitrogens with zero attached hydrogens (tertiary/aromatic N) is 1. The molecule has 1 N–H and O–H groups in total. The highest BCUT2D eigenvalue weighted by atomic mass is 35.5. The van der Waals surface area contributed by atoms with E-state index in [9.17, 15) is 4.79 Å². The number of hydrogen-bond acceptors (Lipinski definition) is 3. The van der Waals surface area contributed by atoms with E-state index in [1.54, 1.807) is 11.8 Å². The fraction of sp³-hybridized carbons (Fsp3) is 0.269. The summed E-state index contributed by atoms with van der Waals surface area (Å²) in [4.78, 5) is 14.9. The van der Waals surface area contributed by atoms with E-state index in [4.69, 9.17) is 11.6 Å². The second-order valence-electron chi connectivity index (χ2n) is 7.83. The van der Waals surface area contributed by atoms with Crippen molar-refractivity contribution in [3.05, 3.63) is 106 Å². The molecule has 0 radical (unpaired) electrons. The standard InChI is InChI=1S/C26H27ClN2OS/c27-25-8-4-3-7-24(25)19-31-16-14-28-26(30)22-11-9-20(10-12-22)17-29-15-13-21-5-1-2-6-23(21)18-29/h1-12H,13-19H2,(H,28,30). The van der Waals surface area contributed by atoms with Crippen LogP contribution in [-0.4, -0.2) is 29.6 Å². The van der Waals surface area contributed by atoms with E-state index >= 15 is 0 Å². The highest BCUT2D eigenvalue weighted by Crippen LogP contribution is 2.21. The number of hydrogen-bond donors (Lipinski definition) is 1. The van der Waals surface area contributed by atoms with E-state index in [1.165, 1.54) is 16.7 Å². The maximum absolute atomic E-state index is 12.4. The number of halogens is 1. The van der Waals surface area contributed by atoms with Crippen molar-refractivity contribution in [1.82, 2.24) is 10.2 Å². The molecule has 4 rings (SSSR count). The lowest BCUT2D eigenvalue weighted by atomic mass is 9.99. The van der Waals surface area contributed by atoms with E-state index in [-0.39, 0.29) is 5.91 Å². The molecule has 3 aromatic carbocycles. The smallest absolute Gasteiger partial charge is 0.251 e. The maximum atomic E-state index is 12.4. The van der Waals surface area contributed by atoms with Gasteiger partial charge in [0.2, 0.25) is 0 Å². The van der Waals surface area contributed by atoms with Crippen LogP contribution in [-0.2, 0) is 25.3 Å². The fourth-order valence-electron chi connectivity index (χ4n) is 3.85. The number of nitrogens with one attached hydrogen (secondary N) is 1. The molecule has 160 valence electrons. The SMILES string of the molecule is O=C(NCCSCc1ccccc1Cl)c1ccc(CN2CCc3ccccc3C2)cc1. The van der Waals surface area contributed by atoms with Gasteiger partial charge in [0.15, 0.2) is 0 Å².